The largest absolute Gasteiger partial charge is 0.393 e. The van der Waals surface area contributed by atoms with Crippen LogP contribution >= 0.6 is 0 Å². The maximum absolute atomic E-state index is 11.8. The van der Waals surface area contributed by atoms with E-state index in [9.17, 15) is 13.2 Å². The highest BCUT2D eigenvalue weighted by Crippen LogP contribution is 2.38. The van der Waals surface area contributed by atoms with Crippen LogP contribution in [-0.4, -0.2) is 30.7 Å². The molecule has 2 rings (SSSR count). The van der Waals surface area contributed by atoms with Gasteiger partial charge in [0.05, 0.1) is 6.42 Å². The second-order valence-electron chi connectivity index (χ2n) is 13.4. The van der Waals surface area contributed by atoms with E-state index in [1.54, 1.807) is 12.1 Å². The molecule has 0 amide bonds. The van der Waals surface area contributed by atoms with Crippen molar-refractivity contribution in [3.8, 4) is 0 Å². The molecule has 1 saturated carbocycles. The molecule has 0 radical (unpaired) electrons. The van der Waals surface area contributed by atoms with Gasteiger partial charge in [-0.1, -0.05) is 141 Å². The highest BCUT2D eigenvalue weighted by atomic mass is 19.4. The summed E-state index contributed by atoms with van der Waals surface area (Å²) in [5.41, 5.74) is 4.14. The first-order valence-corrected chi connectivity index (χ1v) is 19.0. The topological polar surface area (TPSA) is 3.24 Å². The molecule has 46 heavy (non-hydrogen) atoms. The van der Waals surface area contributed by atoms with E-state index in [4.69, 9.17) is 0 Å². The van der Waals surface area contributed by atoms with Gasteiger partial charge < -0.3 is 4.90 Å². The lowest BCUT2D eigenvalue weighted by Gasteiger charge is -2.38. The Morgan fingerprint density at radius 2 is 1.52 bits per heavy atom. The maximum atomic E-state index is 11.8. The zero-order valence-corrected chi connectivity index (χ0v) is 32.5. The van der Waals surface area contributed by atoms with Crippen LogP contribution in [0.15, 0.2) is 47.6 Å². The van der Waals surface area contributed by atoms with Crippen molar-refractivity contribution in [1.29, 1.82) is 0 Å². The zero-order chi connectivity index (χ0) is 35.5. The number of rotatable bonds is 15. The smallest absolute Gasteiger partial charge is 0.303 e. The van der Waals surface area contributed by atoms with Crippen molar-refractivity contribution in [3.05, 3.63) is 58.7 Å². The molecule has 1 aromatic rings. The summed E-state index contributed by atoms with van der Waals surface area (Å²) in [7, 11) is 0. The van der Waals surface area contributed by atoms with E-state index in [0.29, 0.717) is 5.56 Å². The average Bonchev–Trinajstić information content (AvgIpc) is 3.03. The van der Waals surface area contributed by atoms with E-state index in [1.807, 2.05) is 20.8 Å². The van der Waals surface area contributed by atoms with E-state index >= 15 is 0 Å². The molecular weight excluding hydrogens is 575 g/mol. The summed E-state index contributed by atoms with van der Waals surface area (Å²) in [5.74, 6) is 3.76. The van der Waals surface area contributed by atoms with E-state index in [2.05, 4.69) is 79.4 Å². The third-order valence-corrected chi connectivity index (χ3v) is 9.39. The predicted molar refractivity (Wildman–Crippen MR) is 201 cm³/mol. The Morgan fingerprint density at radius 3 is 2.00 bits per heavy atom. The van der Waals surface area contributed by atoms with Gasteiger partial charge in [0.25, 0.3) is 0 Å². The minimum Gasteiger partial charge on any atom is -0.303 e. The molecule has 4 heteroatoms. The molecule has 4 unspecified atom stereocenters. The third-order valence-electron chi connectivity index (χ3n) is 9.39. The lowest BCUT2D eigenvalue weighted by atomic mass is 9.71. The van der Waals surface area contributed by atoms with E-state index in [1.165, 1.54) is 114 Å². The minimum absolute atomic E-state index is 0.313. The third kappa shape index (κ3) is 23.7. The molecule has 4 atom stereocenters. The standard InChI is InChI=1S/C20H41N.C11H20.C9H9F3.C2H6/c1-5-9-10-15-21(14-7-3)17-18-12-13-20(11-6-2)19(8-4)16-18;1-6-9(3)8-11(5)10(4)7-2;1-7-2-4-8(5-3-7)6-9(10,11)12;1-2/h18-20H,5-17H2,1-4H3;6,8,10H,7H2,1-5H3;2-5H,6H2,1H3;1-2H3/b;9-6-,11-8-;;. The van der Waals surface area contributed by atoms with Crippen LogP contribution in [0.5, 0.6) is 0 Å². The fraction of sp³-hybridized carbons (Fsp3) is 0.762. The number of unbranched alkanes of at least 4 members (excludes halogenated alkanes) is 2. The SMILES string of the molecule is C/C=C(C)\C=C(\C)C(C)CC.CC.CCCCCN(CCC)CC1CCC(CCC)C(CC)C1.Cc1ccc(CC(F)(F)F)cc1. The number of halogens is 3. The van der Waals surface area contributed by atoms with Gasteiger partial charge in [0, 0.05) is 6.54 Å². The van der Waals surface area contributed by atoms with E-state index in [0.717, 1.165) is 29.2 Å². The highest BCUT2D eigenvalue weighted by Gasteiger charge is 2.29. The van der Waals surface area contributed by atoms with Crippen molar-refractivity contribution >= 4 is 0 Å². The number of aryl methyl sites for hydroxylation is 1. The summed E-state index contributed by atoms with van der Waals surface area (Å²) in [6.45, 7) is 30.2. The molecule has 1 fully saturated rings. The zero-order valence-electron chi connectivity index (χ0n) is 32.5. The molecule has 1 nitrogen and oxygen atoms in total. The van der Waals surface area contributed by atoms with Crippen molar-refractivity contribution in [2.75, 3.05) is 19.6 Å². The van der Waals surface area contributed by atoms with Gasteiger partial charge in [-0.2, -0.15) is 13.2 Å². The van der Waals surface area contributed by atoms with Gasteiger partial charge in [0.2, 0.25) is 0 Å². The van der Waals surface area contributed by atoms with Crippen molar-refractivity contribution in [1.82, 2.24) is 4.90 Å². The van der Waals surface area contributed by atoms with Crippen LogP contribution < -0.4 is 0 Å². The Balaban J connectivity index is 0. The second-order valence-corrected chi connectivity index (χ2v) is 13.4. The van der Waals surface area contributed by atoms with Gasteiger partial charge in [0.15, 0.2) is 0 Å². The van der Waals surface area contributed by atoms with Crippen molar-refractivity contribution in [3.63, 3.8) is 0 Å². The van der Waals surface area contributed by atoms with E-state index in [-0.39, 0.29) is 0 Å². The second kappa shape index (κ2) is 28.5. The van der Waals surface area contributed by atoms with Gasteiger partial charge in [-0.3, -0.25) is 0 Å². The number of benzene rings is 1. The Bertz CT molecular complexity index is 883. The Morgan fingerprint density at radius 1 is 0.891 bits per heavy atom. The van der Waals surface area contributed by atoms with Crippen LogP contribution in [0.2, 0.25) is 0 Å². The lowest BCUT2D eigenvalue weighted by Crippen LogP contribution is -2.35. The minimum atomic E-state index is -4.10. The molecule has 0 N–H and O–H groups in total. The number of alkyl halides is 3. The molecule has 0 bridgehead atoms. The molecule has 0 saturated heterocycles. The normalized spacial score (nSPS) is 19.3. The first-order valence-electron chi connectivity index (χ1n) is 19.0. The lowest BCUT2D eigenvalue weighted by molar-refractivity contribution is -0.127. The number of allylic oxidation sites excluding steroid dienone is 4. The van der Waals surface area contributed by atoms with Crippen molar-refractivity contribution in [2.24, 2.45) is 23.7 Å². The molecule has 1 aromatic carbocycles. The van der Waals surface area contributed by atoms with Crippen LogP contribution in [0.3, 0.4) is 0 Å². The van der Waals surface area contributed by atoms with Crippen LogP contribution in [0.1, 0.15) is 158 Å². The summed E-state index contributed by atoms with van der Waals surface area (Å²) in [6, 6.07) is 6.37. The van der Waals surface area contributed by atoms with Crippen molar-refractivity contribution in [2.45, 2.75) is 166 Å². The molecule has 0 aliphatic heterocycles. The maximum Gasteiger partial charge on any atom is 0.393 e. The highest BCUT2D eigenvalue weighted by molar-refractivity contribution is 5.22. The molecule has 270 valence electrons. The van der Waals surface area contributed by atoms with Gasteiger partial charge in [0.1, 0.15) is 0 Å². The van der Waals surface area contributed by atoms with Gasteiger partial charge in [-0.05, 0) is 109 Å². The number of nitrogens with zero attached hydrogens (tertiary/aromatic N) is 1. The average molecular weight is 652 g/mol. The predicted octanol–water partition coefficient (Wildman–Crippen LogP) is 14.2. The van der Waals surface area contributed by atoms with E-state index < -0.39 is 12.6 Å². The fourth-order valence-corrected chi connectivity index (χ4v) is 6.25. The van der Waals surface area contributed by atoms with Crippen LogP contribution in [0.4, 0.5) is 13.2 Å². The summed E-state index contributed by atoms with van der Waals surface area (Å²) in [4.78, 5) is 2.77. The van der Waals surface area contributed by atoms with Crippen LogP contribution in [0, 0.1) is 30.6 Å². The number of hydrogen-bond donors (Lipinski definition) is 0. The molecule has 0 heterocycles. The summed E-state index contributed by atoms with van der Waals surface area (Å²) in [6.07, 6.45) is 14.9. The van der Waals surface area contributed by atoms with Gasteiger partial charge >= 0.3 is 6.18 Å². The molecule has 1 aliphatic carbocycles. The summed E-state index contributed by atoms with van der Waals surface area (Å²) in [5, 5.41) is 0. The van der Waals surface area contributed by atoms with Crippen LogP contribution in [0.25, 0.3) is 0 Å². The van der Waals surface area contributed by atoms with Gasteiger partial charge in [-0.15, -0.1) is 0 Å². The van der Waals surface area contributed by atoms with Crippen LogP contribution in [-0.2, 0) is 6.42 Å². The first kappa shape index (κ1) is 46.6. The first-order chi connectivity index (χ1) is 21.8. The monoisotopic (exact) mass is 652 g/mol. The molecule has 1 aliphatic rings. The number of hydrogen-bond acceptors (Lipinski definition) is 1. The summed E-state index contributed by atoms with van der Waals surface area (Å²) >= 11 is 0. The Labute approximate surface area is 285 Å². The fourth-order valence-electron chi connectivity index (χ4n) is 6.25. The van der Waals surface area contributed by atoms with Gasteiger partial charge in [-0.25, -0.2) is 0 Å². The van der Waals surface area contributed by atoms with Crippen molar-refractivity contribution < 1.29 is 13.2 Å². The molecule has 0 aromatic heterocycles. The Kier molecular flexibility index (Phi) is 28.8. The quantitative estimate of drug-likeness (QED) is 0.135. The molecular formula is C42H76F3N. The summed E-state index contributed by atoms with van der Waals surface area (Å²) < 4.78 is 35.5. The Hall–Kier alpha value is -1.55. The molecule has 0 spiro atoms.